The van der Waals surface area contributed by atoms with Gasteiger partial charge < -0.3 is 18.9 Å². The molecule has 1 fully saturated rings. The average molecular weight is 457 g/mol. The second-order valence-corrected chi connectivity index (χ2v) is 8.28. The van der Waals surface area contributed by atoms with Crippen LogP contribution in [0.15, 0.2) is 42.5 Å². The number of amides is 2. The zero-order valence-electron chi connectivity index (χ0n) is 19.4. The SMILES string of the molecule is COc1cc(C(=O)NNC(=O)c2cccc(OC[C@H]3CCCO3)c2)ccc1OCCC(C)C. The lowest BCUT2D eigenvalue weighted by molar-refractivity contribution is 0.0679. The first-order chi connectivity index (χ1) is 16.0. The van der Waals surface area contributed by atoms with Crippen molar-refractivity contribution >= 4 is 11.8 Å². The van der Waals surface area contributed by atoms with Crippen LogP contribution in [0.3, 0.4) is 0 Å². The third-order valence-electron chi connectivity index (χ3n) is 5.22. The number of carbonyl (C=O) groups is 2. The molecule has 2 N–H and O–H groups in total. The first-order valence-electron chi connectivity index (χ1n) is 11.2. The Hall–Kier alpha value is -3.26. The number of carbonyl (C=O) groups excluding carboxylic acids is 2. The van der Waals surface area contributed by atoms with E-state index in [1.165, 1.54) is 7.11 Å². The minimum absolute atomic E-state index is 0.0887. The summed E-state index contributed by atoms with van der Waals surface area (Å²) < 4.78 is 22.4. The smallest absolute Gasteiger partial charge is 0.269 e. The first-order valence-corrected chi connectivity index (χ1v) is 11.2. The lowest BCUT2D eigenvalue weighted by atomic mass is 10.1. The maximum Gasteiger partial charge on any atom is 0.269 e. The molecule has 1 aliphatic heterocycles. The summed E-state index contributed by atoms with van der Waals surface area (Å²) in [6.45, 7) is 6.01. The quantitative estimate of drug-likeness (QED) is 0.529. The van der Waals surface area contributed by atoms with Crippen molar-refractivity contribution in [2.24, 2.45) is 5.92 Å². The highest BCUT2D eigenvalue weighted by molar-refractivity contribution is 5.99. The van der Waals surface area contributed by atoms with E-state index in [9.17, 15) is 9.59 Å². The van der Waals surface area contributed by atoms with Gasteiger partial charge in [-0.1, -0.05) is 19.9 Å². The number of methoxy groups -OCH3 is 1. The van der Waals surface area contributed by atoms with E-state index in [2.05, 4.69) is 24.7 Å². The summed E-state index contributed by atoms with van der Waals surface area (Å²) in [5.74, 6) is 1.19. The monoisotopic (exact) mass is 456 g/mol. The lowest BCUT2D eigenvalue weighted by Gasteiger charge is -2.14. The fourth-order valence-corrected chi connectivity index (χ4v) is 3.28. The first kappa shape index (κ1) is 24.4. The van der Waals surface area contributed by atoms with Gasteiger partial charge >= 0.3 is 0 Å². The van der Waals surface area contributed by atoms with Gasteiger partial charge in [0, 0.05) is 17.7 Å². The van der Waals surface area contributed by atoms with Crippen molar-refractivity contribution < 1.29 is 28.5 Å². The van der Waals surface area contributed by atoms with E-state index in [-0.39, 0.29) is 6.10 Å². The topological polar surface area (TPSA) is 95.1 Å². The van der Waals surface area contributed by atoms with Crippen molar-refractivity contribution in [3.8, 4) is 17.2 Å². The third-order valence-corrected chi connectivity index (χ3v) is 5.22. The summed E-state index contributed by atoms with van der Waals surface area (Å²) in [6, 6.07) is 11.7. The van der Waals surface area contributed by atoms with E-state index < -0.39 is 11.8 Å². The molecule has 1 aliphatic rings. The lowest BCUT2D eigenvalue weighted by Crippen LogP contribution is -2.41. The molecular weight excluding hydrogens is 424 g/mol. The molecule has 0 bridgehead atoms. The molecule has 3 rings (SSSR count). The Morgan fingerprint density at radius 2 is 1.79 bits per heavy atom. The maximum atomic E-state index is 12.5. The van der Waals surface area contributed by atoms with Crippen molar-refractivity contribution in [3.63, 3.8) is 0 Å². The van der Waals surface area contributed by atoms with E-state index in [4.69, 9.17) is 18.9 Å². The fraction of sp³-hybridized carbons (Fsp3) is 0.440. The molecule has 33 heavy (non-hydrogen) atoms. The highest BCUT2D eigenvalue weighted by Gasteiger charge is 2.17. The fourth-order valence-electron chi connectivity index (χ4n) is 3.28. The van der Waals surface area contributed by atoms with Gasteiger partial charge in [0.2, 0.25) is 0 Å². The highest BCUT2D eigenvalue weighted by atomic mass is 16.5. The van der Waals surface area contributed by atoms with Crippen LogP contribution in [-0.4, -0.2) is 44.8 Å². The second kappa shape index (κ2) is 12.1. The van der Waals surface area contributed by atoms with E-state index in [1.54, 1.807) is 42.5 Å². The number of hydrazine groups is 1. The molecule has 0 aliphatic carbocycles. The molecule has 8 heteroatoms. The molecule has 2 aromatic rings. The van der Waals surface area contributed by atoms with Crippen LogP contribution in [-0.2, 0) is 4.74 Å². The van der Waals surface area contributed by atoms with Crippen LogP contribution in [0.1, 0.15) is 53.8 Å². The third kappa shape index (κ3) is 7.39. The van der Waals surface area contributed by atoms with Crippen LogP contribution in [0.2, 0.25) is 0 Å². The Morgan fingerprint density at radius 3 is 2.45 bits per heavy atom. The molecule has 8 nitrogen and oxygen atoms in total. The van der Waals surface area contributed by atoms with Gasteiger partial charge in [-0.2, -0.15) is 0 Å². The average Bonchev–Trinajstić information content (AvgIpc) is 3.35. The molecule has 1 heterocycles. The molecule has 1 saturated heterocycles. The molecule has 2 amide bonds. The number of benzene rings is 2. The molecule has 178 valence electrons. The molecular formula is C25H32N2O6. The zero-order valence-corrected chi connectivity index (χ0v) is 19.4. The summed E-state index contributed by atoms with van der Waals surface area (Å²) in [5, 5.41) is 0. The molecule has 0 aromatic heterocycles. The normalized spacial score (nSPS) is 15.2. The maximum absolute atomic E-state index is 12.5. The van der Waals surface area contributed by atoms with Crippen molar-refractivity contribution in [3.05, 3.63) is 53.6 Å². The summed E-state index contributed by atoms with van der Waals surface area (Å²) in [4.78, 5) is 25.0. The van der Waals surface area contributed by atoms with Gasteiger partial charge in [0.05, 0.1) is 19.8 Å². The molecule has 0 spiro atoms. The Balaban J connectivity index is 1.53. The standard InChI is InChI=1S/C25H32N2O6/c1-17(2)11-13-32-22-10-9-19(15-23(22)30-3)25(29)27-26-24(28)18-6-4-7-20(14-18)33-16-21-8-5-12-31-21/h4,6-7,9-10,14-15,17,21H,5,8,11-13,16H2,1-3H3,(H,26,28)(H,27,29)/t21-/m1/s1. The van der Waals surface area contributed by atoms with Crippen LogP contribution < -0.4 is 25.1 Å². The Bertz CT molecular complexity index is 940. The van der Waals surface area contributed by atoms with Crippen molar-refractivity contribution in [2.75, 3.05) is 26.9 Å². The molecule has 0 saturated carbocycles. The summed E-state index contributed by atoms with van der Waals surface area (Å²) >= 11 is 0. The molecule has 2 aromatic carbocycles. The molecule has 0 unspecified atom stereocenters. The molecule has 1 atom stereocenters. The van der Waals surface area contributed by atoms with Gasteiger partial charge in [-0.15, -0.1) is 0 Å². The Labute approximate surface area is 194 Å². The highest BCUT2D eigenvalue weighted by Crippen LogP contribution is 2.28. The van der Waals surface area contributed by atoms with Crippen molar-refractivity contribution in [2.45, 2.75) is 39.2 Å². The zero-order chi connectivity index (χ0) is 23.6. The van der Waals surface area contributed by atoms with Crippen LogP contribution >= 0.6 is 0 Å². The van der Waals surface area contributed by atoms with Gasteiger partial charge in [0.25, 0.3) is 11.8 Å². The Morgan fingerprint density at radius 1 is 1.03 bits per heavy atom. The van der Waals surface area contributed by atoms with Gasteiger partial charge in [0.1, 0.15) is 12.4 Å². The predicted octanol–water partition coefficient (Wildman–Crippen LogP) is 3.75. The minimum atomic E-state index is -0.471. The summed E-state index contributed by atoms with van der Waals surface area (Å²) in [6.07, 6.45) is 3.02. The van der Waals surface area contributed by atoms with E-state index >= 15 is 0 Å². The van der Waals surface area contributed by atoms with Gasteiger partial charge in [0.15, 0.2) is 11.5 Å². The second-order valence-electron chi connectivity index (χ2n) is 8.28. The van der Waals surface area contributed by atoms with Gasteiger partial charge in [-0.3, -0.25) is 20.4 Å². The van der Waals surface area contributed by atoms with Crippen LogP contribution in [0.5, 0.6) is 17.2 Å². The van der Waals surface area contributed by atoms with Crippen LogP contribution in [0.25, 0.3) is 0 Å². The summed E-state index contributed by atoms with van der Waals surface area (Å²) in [5.41, 5.74) is 5.55. The number of rotatable bonds is 10. The van der Waals surface area contributed by atoms with Crippen LogP contribution in [0, 0.1) is 5.92 Å². The van der Waals surface area contributed by atoms with Crippen LogP contribution in [0.4, 0.5) is 0 Å². The molecule has 0 radical (unpaired) electrons. The van der Waals surface area contributed by atoms with Gasteiger partial charge in [-0.25, -0.2) is 0 Å². The van der Waals surface area contributed by atoms with E-state index in [0.717, 1.165) is 25.9 Å². The number of nitrogens with one attached hydrogen (secondary N) is 2. The number of hydrogen-bond donors (Lipinski definition) is 2. The largest absolute Gasteiger partial charge is 0.493 e. The van der Waals surface area contributed by atoms with Crippen molar-refractivity contribution in [1.82, 2.24) is 10.9 Å². The Kier molecular flexibility index (Phi) is 8.95. The predicted molar refractivity (Wildman–Crippen MR) is 124 cm³/mol. The van der Waals surface area contributed by atoms with E-state index in [0.29, 0.717) is 47.5 Å². The van der Waals surface area contributed by atoms with Crippen molar-refractivity contribution in [1.29, 1.82) is 0 Å². The van der Waals surface area contributed by atoms with E-state index in [1.807, 2.05) is 0 Å². The number of hydrogen-bond acceptors (Lipinski definition) is 6. The summed E-state index contributed by atoms with van der Waals surface area (Å²) in [7, 11) is 1.52. The van der Waals surface area contributed by atoms with Gasteiger partial charge in [-0.05, 0) is 61.6 Å². The minimum Gasteiger partial charge on any atom is -0.493 e. The number of ether oxygens (including phenoxy) is 4.